The minimum atomic E-state index is -0.202. The van der Waals surface area contributed by atoms with E-state index in [2.05, 4.69) is 30.7 Å². The Kier molecular flexibility index (Phi) is 3.59. The van der Waals surface area contributed by atoms with E-state index >= 15 is 0 Å². The summed E-state index contributed by atoms with van der Waals surface area (Å²) in [6.07, 6.45) is 0. The van der Waals surface area contributed by atoms with Gasteiger partial charge in [-0.05, 0) is 33.0 Å². The highest BCUT2D eigenvalue weighted by Gasteiger charge is 2.31. The van der Waals surface area contributed by atoms with Crippen molar-refractivity contribution < 1.29 is 4.39 Å². The third-order valence-corrected chi connectivity index (χ3v) is 3.94. The number of anilines is 1. The third kappa shape index (κ3) is 2.49. The minimum Gasteiger partial charge on any atom is -0.368 e. The molecule has 4 heteroatoms. The fourth-order valence-electron chi connectivity index (χ4n) is 2.36. The van der Waals surface area contributed by atoms with E-state index in [0.29, 0.717) is 5.56 Å². The van der Waals surface area contributed by atoms with Gasteiger partial charge in [-0.2, -0.15) is 0 Å². The van der Waals surface area contributed by atoms with Gasteiger partial charge < -0.3 is 10.6 Å². The Morgan fingerprint density at radius 3 is 2.61 bits per heavy atom. The standard InChI is InChI=1S/C14H22FN3/c1-14(2)10-18(7-6-17(14)3)12-5-4-11(9-16)13(15)8-12/h4-5,8H,6-7,9-10,16H2,1-3H3. The van der Waals surface area contributed by atoms with E-state index in [4.69, 9.17) is 5.73 Å². The summed E-state index contributed by atoms with van der Waals surface area (Å²) in [4.78, 5) is 4.58. The molecule has 1 heterocycles. The maximum atomic E-state index is 13.8. The van der Waals surface area contributed by atoms with E-state index < -0.39 is 0 Å². The topological polar surface area (TPSA) is 32.5 Å². The molecule has 0 bridgehead atoms. The molecule has 1 aromatic rings. The van der Waals surface area contributed by atoms with Gasteiger partial charge in [-0.15, -0.1) is 0 Å². The molecule has 1 fully saturated rings. The minimum absolute atomic E-state index is 0.112. The molecule has 0 aliphatic carbocycles. The van der Waals surface area contributed by atoms with Crippen LogP contribution < -0.4 is 10.6 Å². The Bertz CT molecular complexity index is 431. The van der Waals surface area contributed by atoms with Crippen LogP contribution in [0.25, 0.3) is 0 Å². The molecule has 1 aromatic carbocycles. The van der Waals surface area contributed by atoms with Gasteiger partial charge >= 0.3 is 0 Å². The van der Waals surface area contributed by atoms with Gasteiger partial charge in [0.2, 0.25) is 0 Å². The largest absolute Gasteiger partial charge is 0.368 e. The Morgan fingerprint density at radius 2 is 2.06 bits per heavy atom. The van der Waals surface area contributed by atoms with Gasteiger partial charge in [-0.1, -0.05) is 6.07 Å². The van der Waals surface area contributed by atoms with Crippen LogP contribution >= 0.6 is 0 Å². The molecule has 0 aromatic heterocycles. The smallest absolute Gasteiger partial charge is 0.129 e. The molecule has 1 aliphatic rings. The summed E-state index contributed by atoms with van der Waals surface area (Å²) in [7, 11) is 2.13. The van der Waals surface area contributed by atoms with Crippen LogP contribution in [0.5, 0.6) is 0 Å². The first-order valence-corrected chi connectivity index (χ1v) is 6.39. The van der Waals surface area contributed by atoms with Gasteiger partial charge in [0.15, 0.2) is 0 Å². The fourth-order valence-corrected chi connectivity index (χ4v) is 2.36. The highest BCUT2D eigenvalue weighted by atomic mass is 19.1. The lowest BCUT2D eigenvalue weighted by atomic mass is 9.99. The van der Waals surface area contributed by atoms with E-state index in [1.807, 2.05) is 6.07 Å². The summed E-state index contributed by atoms with van der Waals surface area (Å²) >= 11 is 0. The summed E-state index contributed by atoms with van der Waals surface area (Å²) in [5, 5.41) is 0. The predicted octanol–water partition coefficient (Wildman–Crippen LogP) is 1.81. The van der Waals surface area contributed by atoms with E-state index in [0.717, 1.165) is 25.3 Å². The van der Waals surface area contributed by atoms with Crippen LogP contribution in [0.3, 0.4) is 0 Å². The van der Waals surface area contributed by atoms with Crippen LogP contribution in [-0.2, 0) is 6.54 Å². The number of nitrogens with zero attached hydrogens (tertiary/aromatic N) is 2. The SMILES string of the molecule is CN1CCN(c2ccc(CN)c(F)c2)CC1(C)C. The zero-order valence-electron chi connectivity index (χ0n) is 11.4. The Morgan fingerprint density at radius 1 is 1.33 bits per heavy atom. The van der Waals surface area contributed by atoms with Gasteiger partial charge in [0.25, 0.3) is 0 Å². The van der Waals surface area contributed by atoms with Crippen molar-refractivity contribution in [1.29, 1.82) is 0 Å². The van der Waals surface area contributed by atoms with Crippen molar-refractivity contribution >= 4 is 5.69 Å². The molecule has 0 spiro atoms. The quantitative estimate of drug-likeness (QED) is 0.870. The summed E-state index contributed by atoms with van der Waals surface area (Å²) < 4.78 is 13.8. The van der Waals surface area contributed by atoms with Crippen molar-refractivity contribution in [2.24, 2.45) is 5.73 Å². The predicted molar refractivity (Wildman–Crippen MR) is 73.2 cm³/mol. The van der Waals surface area contributed by atoms with E-state index in [1.165, 1.54) is 0 Å². The summed E-state index contributed by atoms with van der Waals surface area (Å²) in [6, 6.07) is 5.35. The fraction of sp³-hybridized carbons (Fsp3) is 0.571. The highest BCUT2D eigenvalue weighted by molar-refractivity contribution is 5.49. The number of piperazine rings is 1. The van der Waals surface area contributed by atoms with Crippen LogP contribution in [0, 0.1) is 5.82 Å². The average Bonchev–Trinajstić information content (AvgIpc) is 2.32. The first-order chi connectivity index (χ1) is 8.44. The molecule has 0 radical (unpaired) electrons. The number of likely N-dealkylation sites (N-methyl/N-ethyl adjacent to an activating group) is 1. The number of hydrogen-bond acceptors (Lipinski definition) is 3. The first-order valence-electron chi connectivity index (χ1n) is 6.39. The molecule has 0 amide bonds. The summed E-state index contributed by atoms with van der Waals surface area (Å²) in [5.41, 5.74) is 7.12. The summed E-state index contributed by atoms with van der Waals surface area (Å²) in [6.45, 7) is 7.51. The lowest BCUT2D eigenvalue weighted by Crippen LogP contribution is -2.57. The van der Waals surface area contributed by atoms with Crippen LogP contribution in [0.2, 0.25) is 0 Å². The van der Waals surface area contributed by atoms with Crippen molar-refractivity contribution in [3.05, 3.63) is 29.6 Å². The van der Waals surface area contributed by atoms with Crippen molar-refractivity contribution in [3.63, 3.8) is 0 Å². The molecule has 0 atom stereocenters. The second-order valence-electron chi connectivity index (χ2n) is 5.64. The number of hydrogen-bond donors (Lipinski definition) is 1. The second kappa shape index (κ2) is 4.86. The highest BCUT2D eigenvalue weighted by Crippen LogP contribution is 2.25. The van der Waals surface area contributed by atoms with E-state index in [9.17, 15) is 4.39 Å². The summed E-state index contributed by atoms with van der Waals surface area (Å²) in [5.74, 6) is -0.202. The Hall–Kier alpha value is -1.13. The maximum absolute atomic E-state index is 13.8. The molecule has 3 nitrogen and oxygen atoms in total. The Balaban J connectivity index is 2.20. The van der Waals surface area contributed by atoms with Gasteiger partial charge in [0.05, 0.1) is 0 Å². The molecule has 18 heavy (non-hydrogen) atoms. The zero-order chi connectivity index (χ0) is 13.3. The lowest BCUT2D eigenvalue weighted by Gasteiger charge is -2.46. The molecule has 100 valence electrons. The molecule has 1 aliphatic heterocycles. The second-order valence-corrected chi connectivity index (χ2v) is 5.64. The van der Waals surface area contributed by atoms with Gasteiger partial charge in [0, 0.05) is 43.0 Å². The van der Waals surface area contributed by atoms with Crippen molar-refractivity contribution in [1.82, 2.24) is 4.90 Å². The molecule has 1 saturated heterocycles. The average molecular weight is 251 g/mol. The van der Waals surface area contributed by atoms with Crippen molar-refractivity contribution in [3.8, 4) is 0 Å². The molecule has 2 N–H and O–H groups in total. The lowest BCUT2D eigenvalue weighted by molar-refractivity contribution is 0.139. The van der Waals surface area contributed by atoms with Gasteiger partial charge in [-0.3, -0.25) is 4.90 Å². The number of rotatable bonds is 2. The normalized spacial score (nSPS) is 20.2. The zero-order valence-corrected chi connectivity index (χ0v) is 11.4. The van der Waals surface area contributed by atoms with Crippen molar-refractivity contribution in [2.75, 3.05) is 31.6 Å². The molecule has 0 saturated carbocycles. The van der Waals surface area contributed by atoms with Crippen LogP contribution in [0.15, 0.2) is 18.2 Å². The van der Waals surface area contributed by atoms with Gasteiger partial charge in [-0.25, -0.2) is 4.39 Å². The molecular weight excluding hydrogens is 229 g/mol. The maximum Gasteiger partial charge on any atom is 0.129 e. The molecular formula is C14H22FN3. The van der Waals surface area contributed by atoms with Crippen LogP contribution in [0.4, 0.5) is 10.1 Å². The monoisotopic (exact) mass is 251 g/mol. The van der Waals surface area contributed by atoms with Crippen LogP contribution in [0.1, 0.15) is 19.4 Å². The Labute approximate surface area is 108 Å². The molecule has 2 rings (SSSR count). The van der Waals surface area contributed by atoms with E-state index in [1.54, 1.807) is 12.1 Å². The third-order valence-electron chi connectivity index (χ3n) is 3.94. The number of benzene rings is 1. The van der Waals surface area contributed by atoms with Crippen molar-refractivity contribution in [2.45, 2.75) is 25.9 Å². The number of nitrogens with two attached hydrogens (primary N) is 1. The van der Waals surface area contributed by atoms with E-state index in [-0.39, 0.29) is 17.9 Å². The van der Waals surface area contributed by atoms with Crippen LogP contribution in [-0.4, -0.2) is 37.1 Å². The van der Waals surface area contributed by atoms with Gasteiger partial charge in [0.1, 0.15) is 5.82 Å². The first kappa shape index (κ1) is 13.3. The molecule has 0 unspecified atom stereocenters. The number of halogens is 1.